The van der Waals surface area contributed by atoms with Crippen molar-refractivity contribution in [2.24, 2.45) is 0 Å². The van der Waals surface area contributed by atoms with Gasteiger partial charge in [0.15, 0.2) is 0 Å². The first-order chi connectivity index (χ1) is 8.15. The normalized spacial score (nSPS) is 25.4. The zero-order valence-corrected chi connectivity index (χ0v) is 11.2. The van der Waals surface area contributed by atoms with Gasteiger partial charge in [0.25, 0.3) is 0 Å². The molecule has 0 bridgehead atoms. The second kappa shape index (κ2) is 5.50. The van der Waals surface area contributed by atoms with E-state index in [1.54, 1.807) is 0 Å². The summed E-state index contributed by atoms with van der Waals surface area (Å²) in [4.78, 5) is 0. The zero-order chi connectivity index (χ0) is 12.3. The lowest BCUT2D eigenvalue weighted by Gasteiger charge is -2.26. The molecule has 1 aromatic rings. The Labute approximate surface area is 105 Å². The molecule has 2 rings (SSSR count). The first-order valence-corrected chi connectivity index (χ1v) is 6.66. The molecular formula is C16H23N. The minimum absolute atomic E-state index is 0.556. The zero-order valence-electron chi connectivity index (χ0n) is 11.2. The quantitative estimate of drug-likeness (QED) is 0.812. The molecule has 2 atom stereocenters. The van der Waals surface area contributed by atoms with Crippen LogP contribution in [0.25, 0.3) is 6.08 Å². The number of benzene rings is 1. The summed E-state index contributed by atoms with van der Waals surface area (Å²) in [5.74, 6) is 0. The Morgan fingerprint density at radius 3 is 2.71 bits per heavy atom. The Hall–Kier alpha value is -1.08. The van der Waals surface area contributed by atoms with E-state index in [0.29, 0.717) is 12.1 Å². The van der Waals surface area contributed by atoms with E-state index in [-0.39, 0.29) is 0 Å². The van der Waals surface area contributed by atoms with E-state index in [9.17, 15) is 0 Å². The van der Waals surface area contributed by atoms with Gasteiger partial charge in [0.1, 0.15) is 0 Å². The summed E-state index contributed by atoms with van der Waals surface area (Å²) in [7, 11) is 0. The fourth-order valence-corrected chi connectivity index (χ4v) is 2.42. The monoisotopic (exact) mass is 229 g/mol. The summed E-state index contributed by atoms with van der Waals surface area (Å²) in [6.45, 7) is 6.61. The third-order valence-electron chi connectivity index (χ3n) is 3.70. The van der Waals surface area contributed by atoms with E-state index in [1.165, 1.54) is 36.0 Å². The molecule has 0 radical (unpaired) electrons. The van der Waals surface area contributed by atoms with Gasteiger partial charge in [-0.1, -0.05) is 36.8 Å². The molecule has 17 heavy (non-hydrogen) atoms. The topological polar surface area (TPSA) is 12.0 Å². The van der Waals surface area contributed by atoms with E-state index in [2.05, 4.69) is 56.4 Å². The first kappa shape index (κ1) is 12.4. The van der Waals surface area contributed by atoms with Gasteiger partial charge < -0.3 is 5.32 Å². The highest BCUT2D eigenvalue weighted by atomic mass is 14.9. The Bertz CT molecular complexity index is 406. The van der Waals surface area contributed by atoms with Crippen molar-refractivity contribution in [2.45, 2.75) is 52.1 Å². The molecule has 1 nitrogen and oxygen atoms in total. The SMILES string of the molecule is Cc1ccc(/C=C/C2CCCC(C)N2)cc1C. The second-order valence-electron chi connectivity index (χ2n) is 5.31. The van der Waals surface area contributed by atoms with Crippen LogP contribution < -0.4 is 5.32 Å². The molecule has 1 aliphatic rings. The lowest BCUT2D eigenvalue weighted by atomic mass is 9.98. The average molecular weight is 229 g/mol. The summed E-state index contributed by atoms with van der Waals surface area (Å²) in [6.07, 6.45) is 8.50. The summed E-state index contributed by atoms with van der Waals surface area (Å²) < 4.78 is 0. The maximum absolute atomic E-state index is 3.63. The van der Waals surface area contributed by atoms with E-state index < -0.39 is 0 Å². The molecule has 0 saturated carbocycles. The summed E-state index contributed by atoms with van der Waals surface area (Å²) >= 11 is 0. The highest BCUT2D eigenvalue weighted by molar-refractivity contribution is 5.52. The standard InChI is InChI=1S/C16H23N/c1-12-7-8-15(11-13(12)2)9-10-16-6-4-5-14(3)17-16/h7-11,14,16-17H,4-6H2,1-3H3/b10-9+. The fraction of sp³-hybridized carbons (Fsp3) is 0.500. The second-order valence-corrected chi connectivity index (χ2v) is 5.31. The van der Waals surface area contributed by atoms with Gasteiger partial charge in [0.2, 0.25) is 0 Å². The van der Waals surface area contributed by atoms with Gasteiger partial charge >= 0.3 is 0 Å². The largest absolute Gasteiger partial charge is 0.308 e. The maximum atomic E-state index is 3.63. The Morgan fingerprint density at radius 2 is 2.00 bits per heavy atom. The molecule has 0 aromatic heterocycles. The van der Waals surface area contributed by atoms with Crippen molar-refractivity contribution in [1.82, 2.24) is 5.32 Å². The van der Waals surface area contributed by atoms with E-state index in [1.807, 2.05) is 0 Å². The lowest BCUT2D eigenvalue weighted by Crippen LogP contribution is -2.39. The minimum atomic E-state index is 0.556. The Kier molecular flexibility index (Phi) is 4.01. The van der Waals surface area contributed by atoms with Crippen LogP contribution in [0.15, 0.2) is 24.3 Å². The van der Waals surface area contributed by atoms with Crippen LogP contribution in [0.3, 0.4) is 0 Å². The van der Waals surface area contributed by atoms with E-state index in [4.69, 9.17) is 0 Å². The van der Waals surface area contributed by atoms with Gasteiger partial charge in [-0.25, -0.2) is 0 Å². The van der Waals surface area contributed by atoms with E-state index in [0.717, 1.165) is 0 Å². The van der Waals surface area contributed by atoms with Gasteiger partial charge in [-0.15, -0.1) is 0 Å². The molecule has 0 amide bonds. The average Bonchev–Trinajstić information content (AvgIpc) is 2.31. The number of hydrogen-bond acceptors (Lipinski definition) is 1. The molecule has 1 saturated heterocycles. The van der Waals surface area contributed by atoms with Crippen molar-refractivity contribution in [1.29, 1.82) is 0 Å². The Balaban J connectivity index is 2.01. The van der Waals surface area contributed by atoms with Crippen molar-refractivity contribution in [3.63, 3.8) is 0 Å². The van der Waals surface area contributed by atoms with Crippen LogP contribution in [-0.2, 0) is 0 Å². The lowest BCUT2D eigenvalue weighted by molar-refractivity contribution is 0.375. The number of hydrogen-bond donors (Lipinski definition) is 1. The van der Waals surface area contributed by atoms with Crippen LogP contribution in [0.1, 0.15) is 42.9 Å². The van der Waals surface area contributed by atoms with Crippen LogP contribution in [0.2, 0.25) is 0 Å². The molecule has 1 heteroatoms. The molecule has 1 heterocycles. The smallest absolute Gasteiger partial charge is 0.0255 e. The summed E-state index contributed by atoms with van der Waals surface area (Å²) in [5.41, 5.74) is 4.05. The Morgan fingerprint density at radius 1 is 1.18 bits per heavy atom. The number of piperidine rings is 1. The molecule has 1 aliphatic heterocycles. The molecule has 1 fully saturated rings. The molecule has 1 aromatic carbocycles. The molecule has 0 aliphatic carbocycles. The van der Waals surface area contributed by atoms with Gasteiger partial charge in [-0.2, -0.15) is 0 Å². The predicted molar refractivity (Wildman–Crippen MR) is 75.2 cm³/mol. The van der Waals surface area contributed by atoms with Crippen molar-refractivity contribution in [3.05, 3.63) is 41.0 Å². The maximum Gasteiger partial charge on any atom is 0.0255 e. The van der Waals surface area contributed by atoms with Crippen LogP contribution in [-0.4, -0.2) is 12.1 Å². The molecule has 2 unspecified atom stereocenters. The van der Waals surface area contributed by atoms with Crippen molar-refractivity contribution in [2.75, 3.05) is 0 Å². The van der Waals surface area contributed by atoms with Crippen molar-refractivity contribution in [3.8, 4) is 0 Å². The van der Waals surface area contributed by atoms with Gasteiger partial charge in [-0.3, -0.25) is 0 Å². The number of nitrogens with one attached hydrogen (secondary N) is 1. The molecule has 1 N–H and O–H groups in total. The first-order valence-electron chi connectivity index (χ1n) is 6.66. The third kappa shape index (κ3) is 3.44. The van der Waals surface area contributed by atoms with E-state index >= 15 is 0 Å². The third-order valence-corrected chi connectivity index (χ3v) is 3.70. The van der Waals surface area contributed by atoms with Gasteiger partial charge in [0, 0.05) is 12.1 Å². The highest BCUT2D eigenvalue weighted by Gasteiger charge is 2.14. The molecule has 0 spiro atoms. The van der Waals surface area contributed by atoms with Crippen LogP contribution in [0.4, 0.5) is 0 Å². The minimum Gasteiger partial charge on any atom is -0.308 e. The molecular weight excluding hydrogens is 206 g/mol. The van der Waals surface area contributed by atoms with Crippen LogP contribution >= 0.6 is 0 Å². The van der Waals surface area contributed by atoms with Gasteiger partial charge in [0.05, 0.1) is 0 Å². The fourth-order valence-electron chi connectivity index (χ4n) is 2.42. The van der Waals surface area contributed by atoms with Gasteiger partial charge in [-0.05, 0) is 50.3 Å². The summed E-state index contributed by atoms with van der Waals surface area (Å²) in [5, 5.41) is 3.63. The predicted octanol–water partition coefficient (Wildman–Crippen LogP) is 3.85. The summed E-state index contributed by atoms with van der Waals surface area (Å²) in [6, 6.07) is 7.88. The van der Waals surface area contributed by atoms with Crippen molar-refractivity contribution < 1.29 is 0 Å². The number of rotatable bonds is 2. The molecule has 92 valence electrons. The van der Waals surface area contributed by atoms with Crippen LogP contribution in [0, 0.1) is 13.8 Å². The van der Waals surface area contributed by atoms with Crippen LogP contribution in [0.5, 0.6) is 0 Å². The van der Waals surface area contributed by atoms with Crippen molar-refractivity contribution >= 4 is 6.08 Å². The number of aryl methyl sites for hydroxylation is 2. The highest BCUT2D eigenvalue weighted by Crippen LogP contribution is 2.15.